The minimum atomic E-state index is -0.318. The highest BCUT2D eigenvalue weighted by molar-refractivity contribution is 6.62. The average molecular weight is 283 g/mol. The summed E-state index contributed by atoms with van der Waals surface area (Å²) >= 11 is 0. The van der Waals surface area contributed by atoms with E-state index in [9.17, 15) is 0 Å². The lowest BCUT2D eigenvalue weighted by molar-refractivity contribution is 0.00578. The van der Waals surface area contributed by atoms with Gasteiger partial charge in [0.2, 0.25) is 0 Å². The molecule has 4 rings (SSSR count). The van der Waals surface area contributed by atoms with Crippen LogP contribution in [0, 0.1) is 5.92 Å². The van der Waals surface area contributed by atoms with Crippen molar-refractivity contribution in [2.75, 3.05) is 0 Å². The average Bonchev–Trinajstić information content (AvgIpc) is 3.11. The van der Waals surface area contributed by atoms with Gasteiger partial charge in [0.1, 0.15) is 0 Å². The number of fused-ring (bicyclic) bond motifs is 1. The van der Waals surface area contributed by atoms with Crippen LogP contribution in [0.25, 0.3) is 0 Å². The van der Waals surface area contributed by atoms with Gasteiger partial charge in [-0.05, 0) is 52.1 Å². The minimum absolute atomic E-state index is 0.311. The fourth-order valence-corrected chi connectivity index (χ4v) is 2.79. The molecule has 0 atom stereocenters. The Bertz CT molecular complexity index is 619. The topological polar surface area (TPSA) is 44.9 Å². The van der Waals surface area contributed by atoms with Crippen LogP contribution >= 0.6 is 0 Å². The van der Waals surface area contributed by atoms with E-state index in [1.165, 1.54) is 12.8 Å². The lowest BCUT2D eigenvalue weighted by Crippen LogP contribution is -2.41. The Balaban J connectivity index is 1.66. The van der Waals surface area contributed by atoms with Crippen molar-refractivity contribution in [1.82, 2.24) is 5.43 Å². The zero-order chi connectivity index (χ0) is 14.8. The molecule has 0 spiro atoms. The second-order valence-corrected chi connectivity index (χ2v) is 7.22. The summed E-state index contributed by atoms with van der Waals surface area (Å²) in [6, 6.07) is 6.20. The molecule has 2 fully saturated rings. The first kappa shape index (κ1) is 13.3. The maximum atomic E-state index is 6.13. The third-order valence-corrected chi connectivity index (χ3v) is 5.05. The van der Waals surface area contributed by atoms with E-state index < -0.39 is 0 Å². The second-order valence-electron chi connectivity index (χ2n) is 7.22. The molecule has 3 aliphatic rings. The third kappa shape index (κ3) is 2.02. The van der Waals surface area contributed by atoms with Crippen molar-refractivity contribution in [2.24, 2.45) is 11.0 Å². The summed E-state index contributed by atoms with van der Waals surface area (Å²) in [6.07, 6.45) is 2.46. The molecule has 1 aromatic rings. The van der Waals surface area contributed by atoms with Crippen LogP contribution in [0.15, 0.2) is 23.3 Å². The maximum Gasteiger partial charge on any atom is 0.494 e. The molecule has 0 unspecified atom stereocenters. The van der Waals surface area contributed by atoms with Crippen molar-refractivity contribution >= 4 is 24.0 Å². The Morgan fingerprint density at radius 1 is 1.10 bits per heavy atom. The van der Waals surface area contributed by atoms with E-state index in [2.05, 4.69) is 44.3 Å². The van der Waals surface area contributed by atoms with Crippen molar-refractivity contribution in [3.05, 3.63) is 23.8 Å². The van der Waals surface area contributed by atoms with Gasteiger partial charge in [-0.3, -0.25) is 0 Å². The highest BCUT2D eigenvalue weighted by Gasteiger charge is 2.52. The quantitative estimate of drug-likeness (QED) is 0.782. The van der Waals surface area contributed by atoms with Crippen LogP contribution in [0.1, 0.15) is 46.1 Å². The molecule has 0 amide bonds. The normalized spacial score (nSPS) is 25.5. The Morgan fingerprint density at radius 3 is 2.38 bits per heavy atom. The monoisotopic (exact) mass is 283 g/mol. The summed E-state index contributed by atoms with van der Waals surface area (Å²) in [4.78, 5) is 0. The first-order valence-corrected chi connectivity index (χ1v) is 7.66. The fourth-order valence-electron chi connectivity index (χ4n) is 2.79. The molecule has 0 bridgehead atoms. The van der Waals surface area contributed by atoms with E-state index in [1.54, 1.807) is 0 Å². The molecule has 2 heterocycles. The van der Waals surface area contributed by atoms with Gasteiger partial charge in [-0.25, -0.2) is 0 Å². The lowest BCUT2D eigenvalue weighted by Gasteiger charge is -2.32. The highest BCUT2D eigenvalue weighted by atomic mass is 16.7. The molecule has 21 heavy (non-hydrogen) atoms. The molecular weight excluding hydrogens is 263 g/mol. The van der Waals surface area contributed by atoms with Crippen molar-refractivity contribution in [3.63, 3.8) is 0 Å². The van der Waals surface area contributed by atoms with Gasteiger partial charge in [0.15, 0.2) is 0 Å². The molecule has 0 aromatic heterocycles. The van der Waals surface area contributed by atoms with Crippen molar-refractivity contribution in [1.29, 1.82) is 0 Å². The number of nitrogens with zero attached hydrogens (tertiary/aromatic N) is 2. The third-order valence-electron chi connectivity index (χ3n) is 5.05. The first-order chi connectivity index (χ1) is 9.87. The number of rotatable bonds is 2. The molecule has 5 heteroatoms. The zero-order valence-electron chi connectivity index (χ0n) is 13.0. The Labute approximate surface area is 126 Å². The molecule has 1 saturated heterocycles. The fraction of sp³-hybridized carbons (Fsp3) is 0.562. The van der Waals surface area contributed by atoms with Gasteiger partial charge in [0, 0.05) is 11.5 Å². The van der Waals surface area contributed by atoms with Crippen molar-refractivity contribution in [2.45, 2.75) is 51.7 Å². The van der Waals surface area contributed by atoms with Crippen LogP contribution in [0.3, 0.4) is 0 Å². The predicted octanol–water partition coefficient (Wildman–Crippen LogP) is 2.35. The van der Waals surface area contributed by atoms with Crippen LogP contribution in [-0.2, 0) is 9.31 Å². The van der Waals surface area contributed by atoms with Crippen LogP contribution in [0.5, 0.6) is 0 Å². The van der Waals surface area contributed by atoms with Gasteiger partial charge in [-0.1, -0.05) is 12.1 Å². The van der Waals surface area contributed by atoms with E-state index in [0.29, 0.717) is 5.92 Å². The SMILES string of the molecule is CC1(C)OB(c2ccc3c(c2)C(C2CC2)=N[N]3)OC1(C)C. The number of hydrogen-bond acceptors (Lipinski definition) is 3. The molecule has 109 valence electrons. The van der Waals surface area contributed by atoms with Gasteiger partial charge in [-0.15, -0.1) is 0 Å². The molecule has 1 radical (unpaired) electrons. The largest absolute Gasteiger partial charge is 0.494 e. The smallest absolute Gasteiger partial charge is 0.399 e. The van der Waals surface area contributed by atoms with Gasteiger partial charge in [0.25, 0.3) is 0 Å². The summed E-state index contributed by atoms with van der Waals surface area (Å²) < 4.78 is 12.3. The number of benzene rings is 1. The summed E-state index contributed by atoms with van der Waals surface area (Å²) in [7, 11) is -0.318. The van der Waals surface area contributed by atoms with Gasteiger partial charge in [0.05, 0.1) is 22.6 Å². The van der Waals surface area contributed by atoms with E-state index >= 15 is 0 Å². The predicted molar refractivity (Wildman–Crippen MR) is 83.2 cm³/mol. The van der Waals surface area contributed by atoms with Crippen LogP contribution in [0.2, 0.25) is 0 Å². The molecule has 0 N–H and O–H groups in total. The lowest BCUT2D eigenvalue weighted by atomic mass is 9.77. The van der Waals surface area contributed by atoms with Crippen molar-refractivity contribution in [3.8, 4) is 0 Å². The standard InChI is InChI=1S/C16H20BN2O2/c1-15(2)16(3,4)21-17(20-15)11-7-8-13-12(9-11)14(19-18-13)10-5-6-10/h7-10H,5-6H2,1-4H3. The Hall–Kier alpha value is -1.33. The van der Waals surface area contributed by atoms with Crippen LogP contribution < -0.4 is 10.9 Å². The van der Waals surface area contributed by atoms with Gasteiger partial charge >= 0.3 is 7.12 Å². The molecular formula is C16H20BN2O2. The summed E-state index contributed by atoms with van der Waals surface area (Å²) in [6.45, 7) is 8.30. The Morgan fingerprint density at radius 2 is 1.76 bits per heavy atom. The molecule has 1 aliphatic carbocycles. The van der Waals surface area contributed by atoms with Gasteiger partial charge < -0.3 is 9.31 Å². The van der Waals surface area contributed by atoms with E-state index in [1.807, 2.05) is 12.1 Å². The van der Waals surface area contributed by atoms with Crippen LogP contribution in [0.4, 0.5) is 5.69 Å². The molecule has 1 aromatic carbocycles. The number of hydrogen-bond donors (Lipinski definition) is 0. The molecule has 2 aliphatic heterocycles. The summed E-state index contributed by atoms with van der Waals surface area (Å²) in [5.74, 6) is 0.601. The molecule has 4 nitrogen and oxygen atoms in total. The maximum absolute atomic E-state index is 6.13. The Kier molecular flexibility index (Phi) is 2.61. The van der Waals surface area contributed by atoms with Crippen molar-refractivity contribution < 1.29 is 9.31 Å². The molecule has 1 saturated carbocycles. The highest BCUT2D eigenvalue weighted by Crippen LogP contribution is 2.39. The van der Waals surface area contributed by atoms with Gasteiger partial charge in [-0.2, -0.15) is 10.5 Å². The first-order valence-electron chi connectivity index (χ1n) is 7.66. The van der Waals surface area contributed by atoms with Crippen LogP contribution in [-0.4, -0.2) is 24.0 Å². The summed E-state index contributed by atoms with van der Waals surface area (Å²) in [5.41, 5.74) is 7.97. The summed E-state index contributed by atoms with van der Waals surface area (Å²) in [5, 5.41) is 4.35. The zero-order valence-corrected chi connectivity index (χ0v) is 13.0. The van der Waals surface area contributed by atoms with E-state index in [4.69, 9.17) is 9.31 Å². The second kappa shape index (κ2) is 4.11. The van der Waals surface area contributed by atoms with E-state index in [0.717, 1.165) is 22.4 Å². The minimum Gasteiger partial charge on any atom is -0.399 e. The van der Waals surface area contributed by atoms with E-state index in [-0.39, 0.29) is 18.3 Å².